The molecule has 6 nitrogen and oxygen atoms in total. The molecule has 0 aliphatic carbocycles. The van der Waals surface area contributed by atoms with Gasteiger partial charge in [-0.15, -0.1) is 22.7 Å². The van der Waals surface area contributed by atoms with Gasteiger partial charge >= 0.3 is 11.9 Å². The molecule has 36 heavy (non-hydrogen) atoms. The van der Waals surface area contributed by atoms with Crippen molar-refractivity contribution < 1.29 is 24.2 Å². The summed E-state index contributed by atoms with van der Waals surface area (Å²) in [6, 6.07) is 11.7. The van der Waals surface area contributed by atoms with Crippen molar-refractivity contribution >= 4 is 56.3 Å². The zero-order chi connectivity index (χ0) is 25.7. The smallest absolute Gasteiger partial charge is 0.340 e. The lowest BCUT2D eigenvalue weighted by Crippen LogP contribution is -2.26. The summed E-state index contributed by atoms with van der Waals surface area (Å²) in [5, 5.41) is 13.1. The molecule has 0 spiro atoms. The molecular weight excluding hydrogens is 518 g/mol. The fourth-order valence-corrected chi connectivity index (χ4v) is 6.41. The van der Waals surface area contributed by atoms with E-state index in [-0.39, 0.29) is 23.8 Å². The van der Waals surface area contributed by atoms with Crippen molar-refractivity contribution in [2.45, 2.75) is 25.4 Å². The zero-order valence-electron chi connectivity index (χ0n) is 19.9. The number of carbonyl (C=O) groups is 2. The van der Waals surface area contributed by atoms with Crippen LogP contribution in [0, 0.1) is 0 Å². The average molecular weight is 544 g/mol. The van der Waals surface area contributed by atoms with Gasteiger partial charge in [-0.3, -0.25) is 0 Å². The van der Waals surface area contributed by atoms with Crippen LogP contribution in [-0.4, -0.2) is 42.8 Å². The van der Waals surface area contributed by atoms with Crippen molar-refractivity contribution in [3.63, 3.8) is 0 Å². The van der Waals surface area contributed by atoms with Crippen molar-refractivity contribution in [2.75, 3.05) is 20.8 Å². The second-order valence-corrected chi connectivity index (χ2v) is 10.6. The second-order valence-electron chi connectivity index (χ2n) is 8.12. The number of hydrogen-bond acceptors (Lipinski definition) is 8. The molecule has 3 aromatic rings. The first-order valence-electron chi connectivity index (χ1n) is 11.3. The van der Waals surface area contributed by atoms with Crippen LogP contribution in [0.3, 0.4) is 0 Å². The number of halogens is 1. The number of thiophene rings is 2. The summed E-state index contributed by atoms with van der Waals surface area (Å²) in [5.74, 6) is -1.29. The SMILES string of the molecule is COC(=O)C1=CC(CCCO)=CC(c2cccs2)N(Cc2sc3ccccc3c2Cl)C=C1C(=O)OC. The van der Waals surface area contributed by atoms with Crippen LogP contribution < -0.4 is 0 Å². The number of aliphatic hydroxyl groups excluding tert-OH is 1. The highest BCUT2D eigenvalue weighted by Gasteiger charge is 2.29. The van der Waals surface area contributed by atoms with Gasteiger partial charge in [-0.2, -0.15) is 0 Å². The summed E-state index contributed by atoms with van der Waals surface area (Å²) in [6.45, 7) is 0.405. The van der Waals surface area contributed by atoms with E-state index in [1.54, 1.807) is 34.9 Å². The van der Waals surface area contributed by atoms with Gasteiger partial charge in [-0.05, 0) is 42.0 Å². The Morgan fingerprint density at radius 3 is 2.50 bits per heavy atom. The van der Waals surface area contributed by atoms with Crippen LogP contribution in [0.5, 0.6) is 0 Å². The minimum atomic E-state index is -0.646. The van der Waals surface area contributed by atoms with Gasteiger partial charge in [0.1, 0.15) is 0 Å². The molecule has 1 N–H and O–H groups in total. The number of esters is 2. The van der Waals surface area contributed by atoms with Crippen LogP contribution in [0.2, 0.25) is 5.02 Å². The molecular formula is C27H26ClNO5S2. The molecule has 1 atom stereocenters. The number of nitrogens with zero attached hydrogens (tertiary/aromatic N) is 1. The Morgan fingerprint density at radius 2 is 1.83 bits per heavy atom. The van der Waals surface area contributed by atoms with E-state index in [0.717, 1.165) is 25.4 Å². The number of ether oxygens (including phenoxy) is 2. The van der Waals surface area contributed by atoms with Crippen molar-refractivity contribution in [2.24, 2.45) is 0 Å². The van der Waals surface area contributed by atoms with E-state index in [0.29, 0.717) is 24.4 Å². The van der Waals surface area contributed by atoms with Gasteiger partial charge in [0, 0.05) is 32.6 Å². The summed E-state index contributed by atoms with van der Waals surface area (Å²) in [4.78, 5) is 29.7. The van der Waals surface area contributed by atoms with Gasteiger partial charge in [-0.25, -0.2) is 9.59 Å². The van der Waals surface area contributed by atoms with Gasteiger partial charge in [-0.1, -0.05) is 41.9 Å². The van der Waals surface area contributed by atoms with Crippen LogP contribution >= 0.6 is 34.3 Å². The third-order valence-corrected chi connectivity index (χ3v) is 8.48. The molecule has 4 rings (SSSR count). The van der Waals surface area contributed by atoms with Crippen molar-refractivity contribution in [1.82, 2.24) is 4.90 Å². The number of rotatable bonds is 8. The summed E-state index contributed by atoms with van der Waals surface area (Å²) < 4.78 is 11.1. The summed E-state index contributed by atoms with van der Waals surface area (Å²) in [5.41, 5.74) is 1.01. The molecule has 0 saturated heterocycles. The molecule has 1 aliphatic rings. The topological polar surface area (TPSA) is 76.1 Å². The standard InChI is InChI=1S/C27H26ClNO5S2/c1-33-26(31)19-13-17(7-5-11-30)14-21(23-10-6-12-35-23)29(15-20(19)27(32)34-2)16-24-25(28)18-8-3-4-9-22(18)36-24/h3-4,6,8-10,12-15,21,30H,5,7,11,16H2,1-2H3. The number of aliphatic hydroxyl groups is 1. The Kier molecular flexibility index (Phi) is 8.64. The van der Waals surface area contributed by atoms with E-state index in [4.69, 9.17) is 21.1 Å². The largest absolute Gasteiger partial charge is 0.465 e. The fourth-order valence-electron chi connectivity index (χ4n) is 4.10. The van der Waals surface area contributed by atoms with Crippen LogP contribution in [0.25, 0.3) is 10.1 Å². The first-order chi connectivity index (χ1) is 17.5. The molecule has 1 unspecified atom stereocenters. The average Bonchev–Trinajstić information content (AvgIpc) is 3.53. The summed E-state index contributed by atoms with van der Waals surface area (Å²) >= 11 is 9.99. The van der Waals surface area contributed by atoms with Crippen LogP contribution in [0.1, 0.15) is 28.6 Å². The highest BCUT2D eigenvalue weighted by atomic mass is 35.5. The lowest BCUT2D eigenvalue weighted by atomic mass is 9.96. The number of fused-ring (bicyclic) bond motifs is 1. The number of allylic oxidation sites excluding steroid dienone is 2. The van der Waals surface area contributed by atoms with Crippen molar-refractivity contribution in [3.05, 3.63) is 91.6 Å². The van der Waals surface area contributed by atoms with Gasteiger partial charge in [0.05, 0.1) is 43.0 Å². The second kappa shape index (κ2) is 11.9. The van der Waals surface area contributed by atoms with E-state index >= 15 is 0 Å². The number of carbonyl (C=O) groups excluding carboxylic acids is 2. The van der Waals surface area contributed by atoms with Gasteiger partial charge in [0.25, 0.3) is 0 Å². The predicted octanol–water partition coefficient (Wildman–Crippen LogP) is 6.03. The highest BCUT2D eigenvalue weighted by Crippen LogP contribution is 2.39. The fraction of sp³-hybridized carbons (Fsp3) is 0.259. The van der Waals surface area contributed by atoms with Crippen LogP contribution in [0.15, 0.2) is 76.8 Å². The first kappa shape index (κ1) is 26.2. The van der Waals surface area contributed by atoms with E-state index in [1.807, 2.05) is 46.7 Å². The van der Waals surface area contributed by atoms with E-state index in [1.165, 1.54) is 14.2 Å². The van der Waals surface area contributed by atoms with Crippen LogP contribution in [-0.2, 0) is 25.6 Å². The Balaban J connectivity index is 1.91. The lowest BCUT2D eigenvalue weighted by molar-refractivity contribution is -0.139. The molecule has 3 heterocycles. The molecule has 0 fully saturated rings. The number of hydrogen-bond donors (Lipinski definition) is 1. The van der Waals surface area contributed by atoms with Gasteiger partial charge in [0.15, 0.2) is 0 Å². The van der Waals surface area contributed by atoms with Gasteiger partial charge < -0.3 is 19.5 Å². The normalized spacial score (nSPS) is 16.1. The molecule has 2 aromatic heterocycles. The zero-order valence-corrected chi connectivity index (χ0v) is 22.3. The third-order valence-electron chi connectivity index (χ3n) is 5.84. The molecule has 1 aromatic carbocycles. The summed E-state index contributed by atoms with van der Waals surface area (Å²) in [7, 11) is 2.56. The predicted molar refractivity (Wildman–Crippen MR) is 144 cm³/mol. The highest BCUT2D eigenvalue weighted by molar-refractivity contribution is 7.19. The Labute approximate surface area is 222 Å². The van der Waals surface area contributed by atoms with Crippen LogP contribution in [0.4, 0.5) is 0 Å². The Bertz CT molecular complexity index is 1340. The lowest BCUT2D eigenvalue weighted by Gasteiger charge is -2.31. The molecule has 9 heteroatoms. The maximum absolute atomic E-state index is 12.9. The third kappa shape index (κ3) is 5.57. The first-order valence-corrected chi connectivity index (χ1v) is 13.4. The molecule has 0 radical (unpaired) electrons. The van der Waals surface area contributed by atoms with E-state index in [9.17, 15) is 14.7 Å². The van der Waals surface area contributed by atoms with Crippen molar-refractivity contribution in [3.8, 4) is 0 Å². The maximum atomic E-state index is 12.9. The Morgan fingerprint density at radius 1 is 1.08 bits per heavy atom. The van der Waals surface area contributed by atoms with E-state index < -0.39 is 11.9 Å². The van der Waals surface area contributed by atoms with Gasteiger partial charge in [0.2, 0.25) is 0 Å². The number of methoxy groups -OCH3 is 2. The van der Waals surface area contributed by atoms with E-state index in [2.05, 4.69) is 6.08 Å². The Hall–Kier alpha value is -2.91. The molecule has 0 bridgehead atoms. The maximum Gasteiger partial charge on any atom is 0.340 e. The minimum Gasteiger partial charge on any atom is -0.465 e. The molecule has 188 valence electrons. The minimum absolute atomic E-state index is 0.00319. The molecule has 0 amide bonds. The summed E-state index contributed by atoms with van der Waals surface area (Å²) in [6.07, 6.45) is 6.42. The monoisotopic (exact) mass is 543 g/mol. The number of benzene rings is 1. The molecule has 1 aliphatic heterocycles. The van der Waals surface area contributed by atoms with Crippen molar-refractivity contribution in [1.29, 1.82) is 0 Å². The molecule has 0 saturated carbocycles. The quantitative estimate of drug-likeness (QED) is 0.350.